The molecular formula is C15H14F2N2O2S2. The number of benzene rings is 1. The van der Waals surface area contributed by atoms with Gasteiger partial charge in [-0.2, -0.15) is 8.78 Å². The molecule has 1 atom stereocenters. The van der Waals surface area contributed by atoms with E-state index in [9.17, 15) is 18.2 Å². The maximum Gasteiger partial charge on any atom is 0.266 e. The fraction of sp³-hybridized carbons (Fsp3) is 0.200. The largest absolute Gasteiger partial charge is 0.623 e. The molecule has 0 saturated heterocycles. The van der Waals surface area contributed by atoms with E-state index in [1.807, 2.05) is 30.3 Å². The number of allylic oxidation sites excluding steroid dienone is 1. The molecule has 4 nitrogen and oxygen atoms in total. The first-order valence-corrected chi connectivity index (χ1v) is 8.92. The van der Waals surface area contributed by atoms with Crippen LogP contribution in [-0.4, -0.2) is 25.9 Å². The van der Waals surface area contributed by atoms with E-state index in [1.54, 1.807) is 5.38 Å². The second kappa shape index (κ2) is 8.64. The van der Waals surface area contributed by atoms with Gasteiger partial charge in [-0.15, -0.1) is 11.3 Å². The van der Waals surface area contributed by atoms with Gasteiger partial charge in [-0.25, -0.2) is 9.72 Å². The Morgan fingerprint density at radius 1 is 1.35 bits per heavy atom. The van der Waals surface area contributed by atoms with E-state index in [1.165, 1.54) is 6.21 Å². The summed E-state index contributed by atoms with van der Waals surface area (Å²) in [4.78, 5) is 4.10. The highest BCUT2D eigenvalue weighted by molar-refractivity contribution is 7.87. The van der Waals surface area contributed by atoms with Gasteiger partial charge < -0.3 is 5.21 Å². The fourth-order valence-corrected chi connectivity index (χ4v) is 3.78. The molecule has 2 aromatic rings. The van der Waals surface area contributed by atoms with Crippen LogP contribution in [0.4, 0.5) is 8.78 Å². The highest BCUT2D eigenvalue weighted by atomic mass is 32.2. The molecule has 0 spiro atoms. The maximum absolute atomic E-state index is 11.9. The topological polar surface area (TPSA) is 56.0 Å². The number of nitrogens with zero attached hydrogens (tertiary/aromatic N) is 2. The van der Waals surface area contributed by atoms with Crippen LogP contribution in [0.3, 0.4) is 0 Å². The monoisotopic (exact) mass is 356 g/mol. The Labute approximate surface area is 138 Å². The van der Waals surface area contributed by atoms with E-state index in [0.717, 1.165) is 27.7 Å². The summed E-state index contributed by atoms with van der Waals surface area (Å²) in [5.41, 5.74) is 1.29. The third kappa shape index (κ3) is 5.99. The molecule has 1 aromatic heterocycles. The van der Waals surface area contributed by atoms with Crippen molar-refractivity contribution in [3.8, 4) is 0 Å². The van der Waals surface area contributed by atoms with E-state index < -0.39 is 16.9 Å². The Balaban J connectivity index is 1.97. The SMILES string of the molecule is O=S(CCC=C(F)F)c1nc(/C=[N+](\[O-])Cc2ccccc2)cs1. The first-order valence-electron chi connectivity index (χ1n) is 6.72. The van der Waals surface area contributed by atoms with Crippen molar-refractivity contribution in [1.29, 1.82) is 0 Å². The molecule has 0 aliphatic carbocycles. The maximum atomic E-state index is 11.9. The van der Waals surface area contributed by atoms with Gasteiger partial charge in [0.15, 0.2) is 10.9 Å². The minimum absolute atomic E-state index is 0.0231. The van der Waals surface area contributed by atoms with Crippen molar-refractivity contribution in [2.45, 2.75) is 17.3 Å². The molecule has 23 heavy (non-hydrogen) atoms. The van der Waals surface area contributed by atoms with Gasteiger partial charge in [0.1, 0.15) is 5.69 Å². The molecule has 0 N–H and O–H groups in total. The predicted molar refractivity (Wildman–Crippen MR) is 87.2 cm³/mol. The smallest absolute Gasteiger partial charge is 0.266 e. The minimum Gasteiger partial charge on any atom is -0.623 e. The summed E-state index contributed by atoms with van der Waals surface area (Å²) in [5, 5.41) is 13.5. The zero-order valence-corrected chi connectivity index (χ0v) is 13.7. The molecule has 0 fully saturated rings. The van der Waals surface area contributed by atoms with E-state index in [4.69, 9.17) is 0 Å². The molecule has 1 heterocycles. The van der Waals surface area contributed by atoms with Gasteiger partial charge in [0.25, 0.3) is 6.08 Å². The number of halogens is 2. The van der Waals surface area contributed by atoms with Gasteiger partial charge in [0, 0.05) is 16.7 Å². The quantitative estimate of drug-likeness (QED) is 0.330. The van der Waals surface area contributed by atoms with E-state index in [0.29, 0.717) is 10.0 Å². The molecular weight excluding hydrogens is 342 g/mol. The molecule has 122 valence electrons. The third-order valence-electron chi connectivity index (χ3n) is 2.76. The summed E-state index contributed by atoms with van der Waals surface area (Å²) in [5.74, 6) is 0.0788. The Morgan fingerprint density at radius 2 is 2.09 bits per heavy atom. The minimum atomic E-state index is -1.78. The Kier molecular flexibility index (Phi) is 6.54. The highest BCUT2D eigenvalue weighted by Crippen LogP contribution is 2.14. The van der Waals surface area contributed by atoms with Crippen LogP contribution < -0.4 is 0 Å². The third-order valence-corrected chi connectivity index (χ3v) is 5.34. The Morgan fingerprint density at radius 3 is 2.78 bits per heavy atom. The first kappa shape index (κ1) is 17.4. The number of hydrogen-bond donors (Lipinski definition) is 0. The van der Waals surface area contributed by atoms with Gasteiger partial charge >= 0.3 is 0 Å². The average molecular weight is 356 g/mol. The zero-order valence-electron chi connectivity index (χ0n) is 12.0. The number of hydroxylamine groups is 1. The summed E-state index contributed by atoms with van der Waals surface area (Å²) < 4.78 is 36.8. The summed E-state index contributed by atoms with van der Waals surface area (Å²) in [6.45, 7) is 0.192. The van der Waals surface area contributed by atoms with E-state index in [-0.39, 0.29) is 18.7 Å². The normalized spacial score (nSPS) is 12.9. The van der Waals surface area contributed by atoms with Gasteiger partial charge in [0.2, 0.25) is 6.21 Å². The standard InChI is InChI=1S/C15H14F2N2O2S2/c16-14(17)7-4-8-23(21)15-18-13(11-22-15)10-19(20)9-12-5-2-1-3-6-12/h1-3,5-7,10-11H,4,8-9H2/b19-10-. The Bertz CT molecular complexity index is 726. The van der Waals surface area contributed by atoms with Crippen molar-refractivity contribution in [3.05, 3.63) is 64.3 Å². The van der Waals surface area contributed by atoms with Crippen LogP contribution in [0.2, 0.25) is 0 Å². The van der Waals surface area contributed by atoms with Gasteiger partial charge in [-0.3, -0.25) is 4.21 Å². The number of thiazole rings is 1. The van der Waals surface area contributed by atoms with Crippen molar-refractivity contribution >= 4 is 28.4 Å². The second-order valence-electron chi connectivity index (χ2n) is 4.56. The van der Waals surface area contributed by atoms with Crippen LogP contribution >= 0.6 is 11.3 Å². The van der Waals surface area contributed by atoms with Crippen LogP contribution in [-0.2, 0) is 17.3 Å². The lowest BCUT2D eigenvalue weighted by Gasteiger charge is -2.02. The van der Waals surface area contributed by atoms with Crippen LogP contribution in [0.5, 0.6) is 0 Å². The van der Waals surface area contributed by atoms with Crippen LogP contribution in [0.15, 0.2) is 52.2 Å². The zero-order chi connectivity index (χ0) is 16.7. The summed E-state index contributed by atoms with van der Waals surface area (Å²) in [7, 11) is -1.44. The van der Waals surface area contributed by atoms with E-state index >= 15 is 0 Å². The average Bonchev–Trinajstić information content (AvgIpc) is 2.96. The number of hydrogen-bond acceptors (Lipinski definition) is 4. The summed E-state index contributed by atoms with van der Waals surface area (Å²) in [6.07, 6.45) is 0.302. The fourth-order valence-electron chi connectivity index (χ4n) is 1.75. The summed E-state index contributed by atoms with van der Waals surface area (Å²) in [6, 6.07) is 9.26. The van der Waals surface area contributed by atoms with Crippen LogP contribution in [0.25, 0.3) is 0 Å². The molecule has 0 amide bonds. The molecule has 8 heteroatoms. The van der Waals surface area contributed by atoms with Gasteiger partial charge in [0.05, 0.1) is 10.8 Å². The molecule has 2 rings (SSSR count). The summed E-state index contributed by atoms with van der Waals surface area (Å²) >= 11 is 1.15. The van der Waals surface area contributed by atoms with Gasteiger partial charge in [-0.1, -0.05) is 30.3 Å². The second-order valence-corrected chi connectivity index (χ2v) is 7.16. The molecule has 0 aliphatic rings. The lowest BCUT2D eigenvalue weighted by Crippen LogP contribution is -2.06. The molecule has 0 bridgehead atoms. The lowest BCUT2D eigenvalue weighted by molar-refractivity contribution is -0.469. The molecule has 0 radical (unpaired) electrons. The first-order chi connectivity index (χ1) is 11.0. The number of aromatic nitrogens is 1. The molecule has 1 aromatic carbocycles. The number of rotatable bonds is 7. The van der Waals surface area contributed by atoms with Crippen molar-refractivity contribution in [2.75, 3.05) is 5.75 Å². The highest BCUT2D eigenvalue weighted by Gasteiger charge is 2.10. The Hall–Kier alpha value is -1.93. The molecule has 0 saturated carbocycles. The van der Waals surface area contributed by atoms with Crippen molar-refractivity contribution in [2.24, 2.45) is 0 Å². The molecule has 1 unspecified atom stereocenters. The van der Waals surface area contributed by atoms with Crippen LogP contribution in [0.1, 0.15) is 17.7 Å². The van der Waals surface area contributed by atoms with E-state index in [2.05, 4.69) is 4.98 Å². The van der Waals surface area contributed by atoms with Crippen molar-refractivity contribution in [3.63, 3.8) is 0 Å². The van der Waals surface area contributed by atoms with Crippen LogP contribution in [0, 0.1) is 5.21 Å². The predicted octanol–water partition coefficient (Wildman–Crippen LogP) is 3.55. The lowest BCUT2D eigenvalue weighted by atomic mass is 10.2. The van der Waals surface area contributed by atoms with Gasteiger partial charge in [-0.05, 0) is 12.5 Å². The van der Waals surface area contributed by atoms with Crippen molar-refractivity contribution < 1.29 is 17.7 Å². The van der Waals surface area contributed by atoms with Crippen molar-refractivity contribution in [1.82, 2.24) is 4.98 Å². The molecule has 0 aliphatic heterocycles.